The monoisotopic (exact) mass is 128 g/mol. The number of H-pyrrole nitrogens is 1. The lowest BCUT2D eigenvalue weighted by molar-refractivity contribution is -0.0749. The van der Waals surface area contributed by atoms with Crippen molar-refractivity contribution in [3.05, 3.63) is 12.2 Å². The molecular weight excluding hydrogens is 120 g/mol. The van der Waals surface area contributed by atoms with Gasteiger partial charge in [-0.2, -0.15) is 10.2 Å². The highest BCUT2D eigenvalue weighted by molar-refractivity contribution is 4.76. The summed E-state index contributed by atoms with van der Waals surface area (Å²) in [5.74, 6) is 0.653. The first-order chi connectivity index (χ1) is 4.29. The van der Waals surface area contributed by atoms with Crippen molar-refractivity contribution in [3.63, 3.8) is 0 Å². The highest BCUT2D eigenvalue weighted by atomic mass is 16.5. The van der Waals surface area contributed by atoms with Crippen molar-refractivity contribution in [2.45, 2.75) is 6.54 Å². The Kier molecular flexibility index (Phi) is 1.76. The van der Waals surface area contributed by atoms with Crippen LogP contribution in [0.25, 0.3) is 0 Å². The summed E-state index contributed by atoms with van der Waals surface area (Å²) in [5, 5.41) is 15.9. The molecule has 0 fully saturated rings. The lowest BCUT2D eigenvalue weighted by Crippen LogP contribution is -2.12. The number of nitrogens with one attached hydrogen (secondary N) is 1. The fourth-order valence-electron chi connectivity index (χ4n) is 0.524. The number of hydroxylamine groups is 2. The summed E-state index contributed by atoms with van der Waals surface area (Å²) < 4.78 is 0. The topological polar surface area (TPSA) is 65.0 Å². The summed E-state index contributed by atoms with van der Waals surface area (Å²) in [7, 11) is 1.54. The van der Waals surface area contributed by atoms with Gasteiger partial charge in [0.05, 0.1) is 6.54 Å². The fraction of sp³-hybridized carbons (Fsp3) is 0.500. The zero-order chi connectivity index (χ0) is 6.69. The van der Waals surface area contributed by atoms with Crippen LogP contribution in [0.4, 0.5) is 0 Å². The maximum atomic E-state index is 8.67. The average molecular weight is 128 g/mol. The van der Waals surface area contributed by atoms with E-state index in [1.54, 1.807) is 7.05 Å². The van der Waals surface area contributed by atoms with E-state index in [1.807, 2.05) is 0 Å². The molecule has 1 aromatic rings. The second kappa shape index (κ2) is 2.56. The summed E-state index contributed by atoms with van der Waals surface area (Å²) in [6.45, 7) is 0.375. The van der Waals surface area contributed by atoms with E-state index in [-0.39, 0.29) is 0 Å². The maximum Gasteiger partial charge on any atom is 0.140 e. The third kappa shape index (κ3) is 1.79. The van der Waals surface area contributed by atoms with Crippen molar-refractivity contribution in [1.82, 2.24) is 20.2 Å². The Labute approximate surface area is 52.3 Å². The number of hydrogen-bond donors (Lipinski definition) is 2. The minimum atomic E-state index is 0.375. The molecule has 0 bridgehead atoms. The Morgan fingerprint density at radius 3 is 3.11 bits per heavy atom. The van der Waals surface area contributed by atoms with E-state index in [2.05, 4.69) is 15.2 Å². The van der Waals surface area contributed by atoms with Crippen molar-refractivity contribution in [2.24, 2.45) is 0 Å². The number of rotatable bonds is 2. The predicted octanol–water partition coefficient (Wildman–Crippen LogP) is -0.374. The Morgan fingerprint density at radius 2 is 2.67 bits per heavy atom. The van der Waals surface area contributed by atoms with Crippen LogP contribution in [0.2, 0.25) is 0 Å². The largest absolute Gasteiger partial charge is 0.314 e. The van der Waals surface area contributed by atoms with Crippen LogP contribution in [0, 0.1) is 0 Å². The first-order valence-corrected chi connectivity index (χ1v) is 2.53. The second-order valence-electron chi connectivity index (χ2n) is 1.75. The van der Waals surface area contributed by atoms with Crippen LogP contribution >= 0.6 is 0 Å². The van der Waals surface area contributed by atoms with Gasteiger partial charge in [0.2, 0.25) is 0 Å². The molecule has 0 saturated heterocycles. The molecule has 0 unspecified atom stereocenters. The van der Waals surface area contributed by atoms with Crippen molar-refractivity contribution in [1.29, 1.82) is 0 Å². The third-order valence-corrected chi connectivity index (χ3v) is 0.844. The zero-order valence-corrected chi connectivity index (χ0v) is 5.07. The molecule has 1 rings (SSSR count). The standard InChI is InChI=1S/C4H8N4O/c1-8(9)2-4-5-3-6-7-4/h3,9H,2H2,1H3,(H,5,6,7). The smallest absolute Gasteiger partial charge is 0.140 e. The van der Waals surface area contributed by atoms with Gasteiger partial charge in [-0.05, 0) is 0 Å². The van der Waals surface area contributed by atoms with Gasteiger partial charge in [-0.1, -0.05) is 0 Å². The summed E-state index contributed by atoms with van der Waals surface area (Å²) in [5.41, 5.74) is 0. The lowest BCUT2D eigenvalue weighted by Gasteiger charge is -2.02. The normalized spacial score (nSPS) is 10.6. The summed E-state index contributed by atoms with van der Waals surface area (Å²) in [6, 6.07) is 0. The van der Waals surface area contributed by atoms with Crippen LogP contribution < -0.4 is 0 Å². The molecule has 0 aliphatic rings. The quantitative estimate of drug-likeness (QED) is 0.533. The second-order valence-corrected chi connectivity index (χ2v) is 1.75. The Morgan fingerprint density at radius 1 is 1.89 bits per heavy atom. The zero-order valence-electron chi connectivity index (χ0n) is 5.07. The molecule has 5 nitrogen and oxygen atoms in total. The van der Waals surface area contributed by atoms with Gasteiger partial charge in [0.25, 0.3) is 0 Å². The van der Waals surface area contributed by atoms with Crippen LogP contribution in [0.15, 0.2) is 6.33 Å². The first kappa shape index (κ1) is 6.18. The molecule has 0 saturated carbocycles. The number of nitrogens with zero attached hydrogens (tertiary/aromatic N) is 3. The summed E-state index contributed by atoms with van der Waals surface area (Å²) >= 11 is 0. The number of hydrogen-bond acceptors (Lipinski definition) is 4. The van der Waals surface area contributed by atoms with Gasteiger partial charge < -0.3 is 5.21 Å². The van der Waals surface area contributed by atoms with Crippen molar-refractivity contribution in [2.75, 3.05) is 7.05 Å². The first-order valence-electron chi connectivity index (χ1n) is 2.53. The molecule has 50 valence electrons. The SMILES string of the molecule is CN(O)Cc1ncn[nH]1. The third-order valence-electron chi connectivity index (χ3n) is 0.844. The molecule has 5 heteroatoms. The minimum absolute atomic E-state index is 0.375. The van der Waals surface area contributed by atoms with E-state index in [1.165, 1.54) is 6.33 Å². The molecule has 0 amide bonds. The van der Waals surface area contributed by atoms with E-state index in [0.29, 0.717) is 12.4 Å². The molecule has 9 heavy (non-hydrogen) atoms. The lowest BCUT2D eigenvalue weighted by atomic mass is 10.6. The Hall–Kier alpha value is -0.940. The molecule has 0 spiro atoms. The molecular formula is C4H8N4O. The van der Waals surface area contributed by atoms with E-state index >= 15 is 0 Å². The fourth-order valence-corrected chi connectivity index (χ4v) is 0.524. The molecule has 0 aromatic carbocycles. The van der Waals surface area contributed by atoms with E-state index < -0.39 is 0 Å². The molecule has 0 aliphatic carbocycles. The molecule has 0 aliphatic heterocycles. The molecule has 1 heterocycles. The van der Waals surface area contributed by atoms with Crippen molar-refractivity contribution < 1.29 is 5.21 Å². The van der Waals surface area contributed by atoms with Crippen LogP contribution in [-0.4, -0.2) is 32.5 Å². The van der Waals surface area contributed by atoms with Crippen molar-refractivity contribution >= 4 is 0 Å². The van der Waals surface area contributed by atoms with Gasteiger partial charge >= 0.3 is 0 Å². The van der Waals surface area contributed by atoms with E-state index in [0.717, 1.165) is 5.06 Å². The van der Waals surface area contributed by atoms with Gasteiger partial charge in [0, 0.05) is 7.05 Å². The summed E-state index contributed by atoms with van der Waals surface area (Å²) in [4.78, 5) is 3.79. The number of aromatic nitrogens is 3. The van der Waals surface area contributed by atoms with Gasteiger partial charge in [0.1, 0.15) is 12.2 Å². The van der Waals surface area contributed by atoms with Crippen LogP contribution in [-0.2, 0) is 6.54 Å². The van der Waals surface area contributed by atoms with Gasteiger partial charge in [-0.3, -0.25) is 5.10 Å². The van der Waals surface area contributed by atoms with E-state index in [9.17, 15) is 0 Å². The highest BCUT2D eigenvalue weighted by Gasteiger charge is 1.96. The maximum absolute atomic E-state index is 8.67. The van der Waals surface area contributed by atoms with Gasteiger partial charge in [0.15, 0.2) is 0 Å². The van der Waals surface area contributed by atoms with Crippen molar-refractivity contribution in [3.8, 4) is 0 Å². The average Bonchev–Trinajstić information content (AvgIpc) is 2.15. The van der Waals surface area contributed by atoms with Crippen LogP contribution in [0.1, 0.15) is 5.82 Å². The molecule has 2 N–H and O–H groups in total. The van der Waals surface area contributed by atoms with Crippen LogP contribution in [0.3, 0.4) is 0 Å². The van der Waals surface area contributed by atoms with E-state index in [4.69, 9.17) is 5.21 Å². The summed E-state index contributed by atoms with van der Waals surface area (Å²) in [6.07, 6.45) is 1.40. The Balaban J connectivity index is 2.48. The highest BCUT2D eigenvalue weighted by Crippen LogP contribution is 1.87. The molecule has 1 aromatic heterocycles. The minimum Gasteiger partial charge on any atom is -0.314 e. The number of aromatic amines is 1. The van der Waals surface area contributed by atoms with Gasteiger partial charge in [-0.25, -0.2) is 4.98 Å². The van der Waals surface area contributed by atoms with Crippen LogP contribution in [0.5, 0.6) is 0 Å². The molecule has 0 radical (unpaired) electrons. The van der Waals surface area contributed by atoms with Gasteiger partial charge in [-0.15, -0.1) is 0 Å². The molecule has 0 atom stereocenters. The predicted molar refractivity (Wildman–Crippen MR) is 29.6 cm³/mol. The Bertz CT molecular complexity index is 159.